The van der Waals surface area contributed by atoms with Crippen molar-refractivity contribution in [2.45, 2.75) is 45.6 Å². The van der Waals surface area contributed by atoms with Crippen LogP contribution in [0, 0.1) is 24.0 Å². The van der Waals surface area contributed by atoms with Crippen molar-refractivity contribution in [3.63, 3.8) is 0 Å². The first-order chi connectivity index (χ1) is 19.9. The molecule has 0 aliphatic heterocycles. The molecule has 2 aromatic heterocycles. The van der Waals surface area contributed by atoms with Crippen LogP contribution in [0.15, 0.2) is 97.1 Å². The molecule has 4 aromatic carbocycles. The number of anilines is 1. The van der Waals surface area contributed by atoms with E-state index in [1.165, 1.54) is 59.1 Å². The van der Waals surface area contributed by atoms with Gasteiger partial charge in [-0.05, 0) is 79.3 Å². The van der Waals surface area contributed by atoms with E-state index in [9.17, 15) is 10.1 Å². The van der Waals surface area contributed by atoms with E-state index >= 15 is 0 Å². The Bertz CT molecular complexity index is 1810. The van der Waals surface area contributed by atoms with E-state index in [4.69, 9.17) is 0 Å². The molecule has 1 saturated carbocycles. The summed E-state index contributed by atoms with van der Waals surface area (Å²) in [6, 6.07) is 33.2. The molecule has 1 fully saturated rings. The molecular weight excluding hydrogens is 508 g/mol. The number of hydrogen-bond acceptors (Lipinski definition) is 3. The molecule has 3 N–H and O–H groups in total. The molecule has 1 aliphatic rings. The molecule has 6 aromatic rings. The van der Waals surface area contributed by atoms with Gasteiger partial charge in [0.25, 0.3) is 5.69 Å². The highest BCUT2D eigenvalue weighted by Crippen LogP contribution is 2.33. The highest BCUT2D eigenvalue weighted by atomic mass is 16.6. The van der Waals surface area contributed by atoms with E-state index in [0.29, 0.717) is 11.6 Å². The molecule has 0 amide bonds. The molecule has 1 aliphatic carbocycles. The monoisotopic (exact) mass is 542 g/mol. The highest BCUT2D eigenvalue weighted by molar-refractivity contribution is 5.96. The van der Waals surface area contributed by atoms with Gasteiger partial charge in [-0.3, -0.25) is 10.1 Å². The zero-order chi connectivity index (χ0) is 28.3. The molecule has 0 spiro atoms. The number of nitro benzene ring substituents is 1. The zero-order valence-corrected chi connectivity index (χ0v) is 23.4. The number of non-ortho nitro benzene ring substituents is 1. The summed E-state index contributed by atoms with van der Waals surface area (Å²) in [5.41, 5.74) is 9.73. The van der Waals surface area contributed by atoms with Crippen LogP contribution < -0.4 is 5.32 Å². The Labute approximate surface area is 239 Å². The first-order valence-corrected chi connectivity index (χ1v) is 14.2. The Morgan fingerprint density at radius 2 is 1.22 bits per heavy atom. The summed E-state index contributed by atoms with van der Waals surface area (Å²) < 4.78 is 0. The van der Waals surface area contributed by atoms with E-state index in [-0.39, 0.29) is 10.6 Å². The van der Waals surface area contributed by atoms with Crippen LogP contribution in [0.4, 0.5) is 11.4 Å². The summed E-state index contributed by atoms with van der Waals surface area (Å²) in [5.74, 6) is 0. The van der Waals surface area contributed by atoms with Gasteiger partial charge in [0.15, 0.2) is 0 Å². The second-order valence-corrected chi connectivity index (χ2v) is 11.0. The van der Waals surface area contributed by atoms with E-state index in [2.05, 4.69) is 70.7 Å². The van der Waals surface area contributed by atoms with Gasteiger partial charge >= 0.3 is 0 Å². The lowest BCUT2D eigenvalue weighted by Gasteiger charge is -2.15. The Morgan fingerprint density at radius 3 is 1.78 bits per heavy atom. The minimum Gasteiger partial charge on any atom is -0.381 e. The van der Waals surface area contributed by atoms with Crippen molar-refractivity contribution >= 4 is 33.2 Å². The lowest BCUT2D eigenvalue weighted by molar-refractivity contribution is -0.383. The maximum Gasteiger partial charge on any atom is 0.293 e. The topological polar surface area (TPSA) is 86.8 Å². The van der Waals surface area contributed by atoms with Gasteiger partial charge in [-0.25, -0.2) is 0 Å². The van der Waals surface area contributed by atoms with Crippen LogP contribution in [0.1, 0.15) is 36.8 Å². The average Bonchev–Trinajstić information content (AvgIpc) is 3.74. The first-order valence-electron chi connectivity index (χ1n) is 14.2. The van der Waals surface area contributed by atoms with Gasteiger partial charge in [-0.1, -0.05) is 73.5 Å². The summed E-state index contributed by atoms with van der Waals surface area (Å²) >= 11 is 0. The number of rotatable bonds is 5. The van der Waals surface area contributed by atoms with Gasteiger partial charge < -0.3 is 15.3 Å². The minimum atomic E-state index is -0.347. The van der Waals surface area contributed by atoms with Crippen molar-refractivity contribution < 1.29 is 4.92 Å². The van der Waals surface area contributed by atoms with Crippen molar-refractivity contribution in [3.8, 4) is 22.5 Å². The van der Waals surface area contributed by atoms with E-state index in [0.717, 1.165) is 22.2 Å². The maximum atomic E-state index is 11.1. The minimum absolute atomic E-state index is 0.122. The van der Waals surface area contributed by atoms with E-state index < -0.39 is 0 Å². The summed E-state index contributed by atoms with van der Waals surface area (Å²) in [4.78, 5) is 17.5. The molecule has 0 radical (unpaired) electrons. The molecule has 206 valence electrons. The number of aryl methyl sites for hydroxylation is 2. The second kappa shape index (κ2) is 11.3. The summed E-state index contributed by atoms with van der Waals surface area (Å²) in [6.07, 6.45) is 5.29. The fourth-order valence-corrected chi connectivity index (χ4v) is 5.86. The summed E-state index contributed by atoms with van der Waals surface area (Å²) in [7, 11) is 0. The Balaban J connectivity index is 0.000000149. The predicted octanol–water partition coefficient (Wildman–Crippen LogP) is 9.55. The van der Waals surface area contributed by atoms with Gasteiger partial charge in [0.2, 0.25) is 0 Å². The largest absolute Gasteiger partial charge is 0.381 e. The van der Waals surface area contributed by atoms with Crippen molar-refractivity contribution in [1.82, 2.24) is 9.97 Å². The average molecular weight is 543 g/mol. The molecule has 0 bridgehead atoms. The van der Waals surface area contributed by atoms with Crippen molar-refractivity contribution in [2.24, 2.45) is 0 Å². The molecule has 0 atom stereocenters. The third-order valence-electron chi connectivity index (χ3n) is 7.81. The normalized spacial score (nSPS) is 13.3. The molecule has 0 saturated heterocycles. The molecular formula is C35H34N4O2. The lowest BCUT2D eigenvalue weighted by Crippen LogP contribution is -2.14. The number of hydrogen-bond donors (Lipinski definition) is 3. The fourth-order valence-electron chi connectivity index (χ4n) is 5.86. The van der Waals surface area contributed by atoms with Crippen LogP contribution in [0.3, 0.4) is 0 Å². The molecule has 2 heterocycles. The Morgan fingerprint density at radius 1 is 0.707 bits per heavy atom. The number of H-pyrrole nitrogens is 2. The highest BCUT2D eigenvalue weighted by Gasteiger charge is 2.17. The third kappa shape index (κ3) is 5.73. The quantitative estimate of drug-likeness (QED) is 0.150. The van der Waals surface area contributed by atoms with Gasteiger partial charge in [0, 0.05) is 34.3 Å². The zero-order valence-electron chi connectivity index (χ0n) is 23.4. The Hall–Kier alpha value is -4.84. The van der Waals surface area contributed by atoms with Crippen LogP contribution in [0.2, 0.25) is 0 Å². The predicted molar refractivity (Wildman–Crippen MR) is 169 cm³/mol. The SMILES string of the molecule is Cc1cc(NC2CCCC2)c2[nH]c(-c3ccccc3)cc2c1.Cc1cc([N+](=O)[O-])c2[nH]c(-c3ccccc3)cc2c1. The maximum absolute atomic E-state index is 11.1. The smallest absolute Gasteiger partial charge is 0.293 e. The summed E-state index contributed by atoms with van der Waals surface area (Å²) in [6.45, 7) is 4.04. The molecule has 6 heteroatoms. The fraction of sp³-hybridized carbons (Fsp3) is 0.200. The molecule has 41 heavy (non-hydrogen) atoms. The van der Waals surface area contributed by atoms with Crippen LogP contribution in [0.25, 0.3) is 44.3 Å². The standard InChI is InChI=1S/C20H22N2.C15H12N2O2/c1-14-11-16-13-18(15-7-3-2-4-8-15)22-20(16)19(12-14)21-17-9-5-6-10-17;1-10-7-12-9-13(11-5-3-2-4-6-11)16-15(12)14(8-10)17(18)19/h2-4,7-8,11-13,17,21-22H,5-6,9-10H2,1H3;2-9,16H,1H3. The van der Waals surface area contributed by atoms with E-state index in [1.807, 2.05) is 49.4 Å². The van der Waals surface area contributed by atoms with Crippen LogP contribution in [-0.2, 0) is 0 Å². The van der Waals surface area contributed by atoms with Crippen LogP contribution in [-0.4, -0.2) is 20.9 Å². The van der Waals surface area contributed by atoms with Crippen molar-refractivity contribution in [2.75, 3.05) is 5.32 Å². The number of nitro groups is 1. The van der Waals surface area contributed by atoms with Gasteiger partial charge in [0.05, 0.1) is 16.1 Å². The third-order valence-corrected chi connectivity index (χ3v) is 7.81. The molecule has 0 unspecified atom stereocenters. The number of fused-ring (bicyclic) bond motifs is 2. The molecule has 7 rings (SSSR count). The van der Waals surface area contributed by atoms with E-state index in [1.54, 1.807) is 6.07 Å². The lowest BCUT2D eigenvalue weighted by atomic mass is 10.1. The van der Waals surface area contributed by atoms with Crippen molar-refractivity contribution in [1.29, 1.82) is 0 Å². The van der Waals surface area contributed by atoms with Gasteiger partial charge in [-0.15, -0.1) is 0 Å². The van der Waals surface area contributed by atoms with Crippen LogP contribution >= 0.6 is 0 Å². The number of aromatic nitrogens is 2. The number of aromatic amines is 2. The van der Waals surface area contributed by atoms with Crippen LogP contribution in [0.5, 0.6) is 0 Å². The first kappa shape index (κ1) is 26.4. The van der Waals surface area contributed by atoms with Crippen molar-refractivity contribution in [3.05, 3.63) is 118 Å². The molecule has 6 nitrogen and oxygen atoms in total. The number of benzene rings is 4. The Kier molecular flexibility index (Phi) is 7.30. The summed E-state index contributed by atoms with van der Waals surface area (Å²) in [5, 5.41) is 17.0. The van der Waals surface area contributed by atoms with Gasteiger partial charge in [-0.2, -0.15) is 0 Å². The second-order valence-electron chi connectivity index (χ2n) is 11.0. The van der Waals surface area contributed by atoms with Gasteiger partial charge in [0.1, 0.15) is 5.52 Å². The number of nitrogens with one attached hydrogen (secondary N) is 3. The number of nitrogens with zero attached hydrogens (tertiary/aromatic N) is 1.